The van der Waals surface area contributed by atoms with Crippen LogP contribution in [0.2, 0.25) is 0 Å². The Morgan fingerprint density at radius 3 is 2.44 bits per heavy atom. The Bertz CT molecular complexity index is 934. The molecule has 0 unspecified atom stereocenters. The normalized spacial score (nSPS) is 10.4. The molecule has 0 fully saturated rings. The van der Waals surface area contributed by atoms with Gasteiger partial charge < -0.3 is 10.1 Å². The van der Waals surface area contributed by atoms with E-state index in [0.29, 0.717) is 15.7 Å². The summed E-state index contributed by atoms with van der Waals surface area (Å²) in [6.45, 7) is 3.77. The number of hydrogen-bond donors (Lipinski definition) is 1. The third-order valence-electron chi connectivity index (χ3n) is 3.86. The fraction of sp³-hybridized carbons (Fsp3) is 0.190. The summed E-state index contributed by atoms with van der Waals surface area (Å²) in [4.78, 5) is 29.1. The molecule has 1 N–H and O–H groups in total. The standard InChI is InChI=1S/C21H20N2O3S/c1-14-8-10-17(11-9-14)26-13-12-18(25)22-21-23-19(20(27-21)15(2)24)16-6-4-3-5-7-16/h3-11H,12-13H2,1-2H3,(H,22,23,25). The van der Waals surface area contributed by atoms with Crippen LogP contribution in [0.4, 0.5) is 5.13 Å². The molecular weight excluding hydrogens is 360 g/mol. The van der Waals surface area contributed by atoms with Crippen molar-refractivity contribution in [2.75, 3.05) is 11.9 Å². The second kappa shape index (κ2) is 8.60. The van der Waals surface area contributed by atoms with Gasteiger partial charge in [-0.15, -0.1) is 0 Å². The van der Waals surface area contributed by atoms with E-state index in [1.165, 1.54) is 18.3 Å². The minimum absolute atomic E-state index is 0.0745. The zero-order valence-corrected chi connectivity index (χ0v) is 16.0. The molecule has 0 radical (unpaired) electrons. The highest BCUT2D eigenvalue weighted by atomic mass is 32.1. The molecule has 6 heteroatoms. The average Bonchev–Trinajstić information content (AvgIpc) is 3.08. The molecule has 5 nitrogen and oxygen atoms in total. The summed E-state index contributed by atoms with van der Waals surface area (Å²) >= 11 is 1.19. The summed E-state index contributed by atoms with van der Waals surface area (Å²) in [5.74, 6) is 0.452. The number of ether oxygens (including phenoxy) is 1. The first-order valence-electron chi connectivity index (χ1n) is 8.59. The minimum atomic E-state index is -0.203. The van der Waals surface area contributed by atoms with Crippen LogP contribution in [0.15, 0.2) is 54.6 Å². The number of ketones is 1. The molecule has 138 valence electrons. The number of benzene rings is 2. The highest BCUT2D eigenvalue weighted by molar-refractivity contribution is 7.18. The van der Waals surface area contributed by atoms with Crippen LogP contribution >= 0.6 is 11.3 Å². The van der Waals surface area contributed by atoms with E-state index in [2.05, 4.69) is 10.3 Å². The predicted octanol–water partition coefficient (Wildman–Crippen LogP) is 4.73. The Hall–Kier alpha value is -2.99. The van der Waals surface area contributed by atoms with Crippen LogP contribution in [0, 0.1) is 6.92 Å². The lowest BCUT2D eigenvalue weighted by atomic mass is 10.1. The molecular formula is C21H20N2O3S. The minimum Gasteiger partial charge on any atom is -0.493 e. The number of amides is 1. The third-order valence-corrected chi connectivity index (χ3v) is 4.93. The molecule has 0 saturated carbocycles. The second-order valence-corrected chi connectivity index (χ2v) is 7.08. The van der Waals surface area contributed by atoms with Crippen LogP contribution in [0.5, 0.6) is 5.75 Å². The topological polar surface area (TPSA) is 68.3 Å². The van der Waals surface area contributed by atoms with E-state index in [4.69, 9.17) is 4.74 Å². The summed E-state index contributed by atoms with van der Waals surface area (Å²) < 4.78 is 5.57. The molecule has 0 aliphatic rings. The van der Waals surface area contributed by atoms with Gasteiger partial charge in [-0.1, -0.05) is 59.4 Å². The first-order chi connectivity index (χ1) is 13.0. The van der Waals surface area contributed by atoms with Gasteiger partial charge in [-0.2, -0.15) is 0 Å². The summed E-state index contributed by atoms with van der Waals surface area (Å²) in [5.41, 5.74) is 2.60. The monoisotopic (exact) mass is 380 g/mol. The number of anilines is 1. The molecule has 0 aliphatic carbocycles. The number of aromatic nitrogens is 1. The van der Waals surface area contributed by atoms with Gasteiger partial charge in [-0.05, 0) is 19.1 Å². The van der Waals surface area contributed by atoms with E-state index in [1.807, 2.05) is 61.5 Å². The van der Waals surface area contributed by atoms with E-state index < -0.39 is 0 Å². The van der Waals surface area contributed by atoms with Crippen molar-refractivity contribution < 1.29 is 14.3 Å². The third kappa shape index (κ3) is 5.01. The van der Waals surface area contributed by atoms with Crippen molar-refractivity contribution in [3.8, 4) is 17.0 Å². The molecule has 0 saturated heterocycles. The van der Waals surface area contributed by atoms with Crippen LogP contribution in [-0.4, -0.2) is 23.3 Å². The molecule has 1 heterocycles. The average molecular weight is 380 g/mol. The first kappa shape index (κ1) is 18.8. The molecule has 3 rings (SSSR count). The SMILES string of the molecule is CC(=O)c1sc(NC(=O)CCOc2ccc(C)cc2)nc1-c1ccccc1. The Morgan fingerprint density at radius 1 is 1.07 bits per heavy atom. The zero-order valence-electron chi connectivity index (χ0n) is 15.2. The molecule has 0 spiro atoms. The number of thiazole rings is 1. The van der Waals surface area contributed by atoms with Gasteiger partial charge in [0, 0.05) is 12.5 Å². The van der Waals surface area contributed by atoms with E-state index in [9.17, 15) is 9.59 Å². The highest BCUT2D eigenvalue weighted by Crippen LogP contribution is 2.31. The first-order valence-corrected chi connectivity index (χ1v) is 9.41. The quantitative estimate of drug-likeness (QED) is 0.602. The van der Waals surface area contributed by atoms with Gasteiger partial charge in [0.05, 0.1) is 23.6 Å². The van der Waals surface area contributed by atoms with Crippen molar-refractivity contribution >= 4 is 28.2 Å². The lowest BCUT2D eigenvalue weighted by molar-refractivity contribution is -0.116. The summed E-state index contributed by atoms with van der Waals surface area (Å²) in [6.07, 6.45) is 0.198. The number of carbonyl (C=O) groups is 2. The van der Waals surface area contributed by atoms with Crippen molar-refractivity contribution in [2.45, 2.75) is 20.3 Å². The number of rotatable bonds is 7. The predicted molar refractivity (Wildman–Crippen MR) is 107 cm³/mol. The molecule has 2 aromatic carbocycles. The largest absolute Gasteiger partial charge is 0.493 e. The van der Waals surface area contributed by atoms with Crippen molar-refractivity contribution in [1.82, 2.24) is 4.98 Å². The molecule has 27 heavy (non-hydrogen) atoms. The summed E-state index contributed by atoms with van der Waals surface area (Å²) in [7, 11) is 0. The van der Waals surface area contributed by atoms with Gasteiger partial charge in [0.15, 0.2) is 10.9 Å². The number of Topliss-reactive ketones (excluding diaryl/α,β-unsaturated/α-hetero) is 1. The van der Waals surface area contributed by atoms with Crippen molar-refractivity contribution in [1.29, 1.82) is 0 Å². The molecule has 0 aliphatic heterocycles. The Kier molecular flexibility index (Phi) is 5.98. The number of aryl methyl sites for hydroxylation is 1. The van der Waals surface area contributed by atoms with Crippen LogP contribution in [-0.2, 0) is 4.79 Å². The number of nitrogens with one attached hydrogen (secondary N) is 1. The lowest BCUT2D eigenvalue weighted by Crippen LogP contribution is -2.15. The van der Waals surface area contributed by atoms with Gasteiger partial charge in [0.2, 0.25) is 5.91 Å². The van der Waals surface area contributed by atoms with Gasteiger partial charge in [0.1, 0.15) is 5.75 Å². The van der Waals surface area contributed by atoms with Gasteiger partial charge in [0.25, 0.3) is 0 Å². The van der Waals surface area contributed by atoms with Crippen LogP contribution in [0.25, 0.3) is 11.3 Å². The molecule has 1 aromatic heterocycles. The Morgan fingerprint density at radius 2 is 1.78 bits per heavy atom. The van der Waals surface area contributed by atoms with Crippen LogP contribution < -0.4 is 10.1 Å². The molecule has 0 atom stereocenters. The summed E-state index contributed by atoms with van der Waals surface area (Å²) in [5, 5.41) is 3.18. The van der Waals surface area contributed by atoms with E-state index >= 15 is 0 Å². The lowest BCUT2D eigenvalue weighted by Gasteiger charge is -2.06. The fourth-order valence-electron chi connectivity index (χ4n) is 2.48. The van der Waals surface area contributed by atoms with E-state index in [1.54, 1.807) is 0 Å². The highest BCUT2D eigenvalue weighted by Gasteiger charge is 2.17. The summed E-state index contributed by atoms with van der Waals surface area (Å²) in [6, 6.07) is 17.1. The van der Waals surface area contributed by atoms with Crippen molar-refractivity contribution in [2.24, 2.45) is 0 Å². The Balaban J connectivity index is 1.62. The van der Waals surface area contributed by atoms with Crippen LogP contribution in [0.1, 0.15) is 28.6 Å². The second-order valence-electron chi connectivity index (χ2n) is 6.08. The zero-order chi connectivity index (χ0) is 19.2. The van der Waals surface area contributed by atoms with E-state index in [-0.39, 0.29) is 24.7 Å². The van der Waals surface area contributed by atoms with Crippen LogP contribution in [0.3, 0.4) is 0 Å². The van der Waals surface area contributed by atoms with Crippen molar-refractivity contribution in [3.05, 3.63) is 65.0 Å². The van der Waals surface area contributed by atoms with Gasteiger partial charge in [-0.25, -0.2) is 4.98 Å². The number of carbonyl (C=O) groups excluding carboxylic acids is 2. The maximum atomic E-state index is 12.2. The fourth-order valence-corrected chi connectivity index (χ4v) is 3.38. The number of nitrogens with zero attached hydrogens (tertiary/aromatic N) is 1. The van der Waals surface area contributed by atoms with E-state index in [0.717, 1.165) is 16.9 Å². The van der Waals surface area contributed by atoms with Crippen molar-refractivity contribution in [3.63, 3.8) is 0 Å². The maximum absolute atomic E-state index is 12.2. The molecule has 0 bridgehead atoms. The molecule has 3 aromatic rings. The smallest absolute Gasteiger partial charge is 0.229 e. The Labute approximate surface area is 162 Å². The molecule has 1 amide bonds. The van der Waals surface area contributed by atoms with Gasteiger partial charge in [-0.3, -0.25) is 9.59 Å². The number of hydrogen-bond acceptors (Lipinski definition) is 5. The maximum Gasteiger partial charge on any atom is 0.229 e. The van der Waals surface area contributed by atoms with Gasteiger partial charge >= 0.3 is 0 Å².